The van der Waals surface area contributed by atoms with Crippen LogP contribution in [0.4, 0.5) is 0 Å². The van der Waals surface area contributed by atoms with Crippen molar-refractivity contribution in [3.63, 3.8) is 0 Å². The van der Waals surface area contributed by atoms with E-state index in [-0.39, 0.29) is 0 Å². The monoisotopic (exact) mass is 162 g/mol. The SMILES string of the molecule is [CH3][Al]([CH3])[C]#CC1=CCCCC1. The molecule has 0 spiro atoms. The summed E-state index contributed by atoms with van der Waals surface area (Å²) in [5.41, 5.74) is 1.40. The summed E-state index contributed by atoms with van der Waals surface area (Å²) < 4.78 is 0. The first-order valence-electron chi connectivity index (χ1n) is 4.49. The Hall–Kier alpha value is -0.168. The highest BCUT2D eigenvalue weighted by atomic mass is 27.2. The lowest BCUT2D eigenvalue weighted by Crippen LogP contribution is -1.95. The smallest absolute Gasteiger partial charge is 0.201 e. The molecule has 0 saturated heterocycles. The van der Waals surface area contributed by atoms with Crippen molar-refractivity contribution in [2.24, 2.45) is 0 Å². The van der Waals surface area contributed by atoms with Gasteiger partial charge in [-0.3, -0.25) is 0 Å². The molecule has 1 heteroatoms. The van der Waals surface area contributed by atoms with E-state index < -0.39 is 14.1 Å². The van der Waals surface area contributed by atoms with Crippen LogP contribution in [0.2, 0.25) is 11.6 Å². The van der Waals surface area contributed by atoms with Crippen LogP contribution in [0.3, 0.4) is 0 Å². The second kappa shape index (κ2) is 4.66. The van der Waals surface area contributed by atoms with Crippen LogP contribution in [0.15, 0.2) is 11.6 Å². The Balaban J connectivity index is 2.49. The normalized spacial score (nSPS) is 16.4. The van der Waals surface area contributed by atoms with Gasteiger partial charge in [0, 0.05) is 0 Å². The largest absolute Gasteiger partial charge is 0.370 e. The third-order valence-corrected chi connectivity index (χ3v) is 2.53. The molecule has 0 amide bonds. The average molecular weight is 162 g/mol. The Labute approximate surface area is 74.1 Å². The van der Waals surface area contributed by atoms with E-state index >= 15 is 0 Å². The molecule has 0 N–H and O–H groups in total. The molecule has 0 aromatic rings. The van der Waals surface area contributed by atoms with Crippen molar-refractivity contribution in [3.8, 4) is 10.7 Å². The molecular weight excluding hydrogens is 147 g/mol. The summed E-state index contributed by atoms with van der Waals surface area (Å²) in [5.74, 6) is 7.84. The first-order chi connectivity index (χ1) is 5.29. The minimum absolute atomic E-state index is 0.643. The minimum Gasteiger partial charge on any atom is -0.201 e. The van der Waals surface area contributed by atoms with Crippen LogP contribution in [0.5, 0.6) is 0 Å². The van der Waals surface area contributed by atoms with Crippen molar-refractivity contribution in [1.29, 1.82) is 0 Å². The first kappa shape index (κ1) is 8.92. The standard InChI is InChI=1S/C8H9.2CH3.Al/c1-2-8-6-4-3-5-7-8;;;/h6H,3-5,7H2;2*1H3;. The molecule has 0 aliphatic heterocycles. The Morgan fingerprint density at radius 1 is 1.36 bits per heavy atom. The Bertz CT molecular complexity index is 203. The predicted molar refractivity (Wildman–Crippen MR) is 51.8 cm³/mol. The van der Waals surface area contributed by atoms with Gasteiger partial charge in [-0.15, -0.1) is 0 Å². The molecule has 0 saturated carbocycles. The van der Waals surface area contributed by atoms with Gasteiger partial charge in [-0.1, -0.05) is 23.6 Å². The van der Waals surface area contributed by atoms with Crippen molar-refractivity contribution in [3.05, 3.63) is 11.6 Å². The molecule has 1 rings (SSSR count). The molecule has 0 bridgehead atoms. The summed E-state index contributed by atoms with van der Waals surface area (Å²) in [6.45, 7) is 0. The van der Waals surface area contributed by atoms with Gasteiger partial charge in [0.05, 0.1) is 0 Å². The van der Waals surface area contributed by atoms with Crippen LogP contribution < -0.4 is 0 Å². The summed E-state index contributed by atoms with van der Waals surface area (Å²) in [4.78, 5) is 3.34. The van der Waals surface area contributed by atoms with Crippen molar-refractivity contribution < 1.29 is 0 Å². The number of rotatable bonds is 0. The molecule has 0 aromatic heterocycles. The lowest BCUT2D eigenvalue weighted by molar-refractivity contribution is 0.715. The third-order valence-electron chi connectivity index (χ3n) is 1.81. The molecule has 1 aliphatic rings. The van der Waals surface area contributed by atoms with Crippen molar-refractivity contribution in [2.45, 2.75) is 37.3 Å². The molecule has 0 fully saturated rings. The van der Waals surface area contributed by atoms with E-state index in [4.69, 9.17) is 0 Å². The fourth-order valence-electron chi connectivity index (χ4n) is 1.19. The van der Waals surface area contributed by atoms with Crippen molar-refractivity contribution in [1.82, 2.24) is 0 Å². The average Bonchev–Trinajstić information content (AvgIpc) is 2.03. The topological polar surface area (TPSA) is 0 Å². The summed E-state index contributed by atoms with van der Waals surface area (Å²) in [5, 5.41) is 0. The van der Waals surface area contributed by atoms with Gasteiger partial charge in [-0.05, 0) is 31.3 Å². The molecule has 1 aliphatic carbocycles. The highest BCUT2D eigenvalue weighted by Gasteiger charge is 2.00. The summed E-state index contributed by atoms with van der Waals surface area (Å²) in [6.07, 6.45) is 7.51. The molecule has 11 heavy (non-hydrogen) atoms. The second-order valence-corrected chi connectivity index (χ2v) is 6.00. The lowest BCUT2D eigenvalue weighted by atomic mass is 10.0. The van der Waals surface area contributed by atoms with Crippen LogP contribution in [0.1, 0.15) is 25.7 Å². The number of allylic oxidation sites excluding steroid dienone is 2. The molecule has 0 heterocycles. The molecule has 0 atom stereocenters. The molecular formula is C10H15Al. The Morgan fingerprint density at radius 3 is 2.73 bits per heavy atom. The van der Waals surface area contributed by atoms with Crippen LogP contribution in [-0.4, -0.2) is 14.1 Å². The fourth-order valence-corrected chi connectivity index (χ4v) is 1.66. The fraction of sp³-hybridized carbons (Fsp3) is 0.600. The summed E-state index contributed by atoms with van der Waals surface area (Å²) >= 11 is -0.643. The highest BCUT2D eigenvalue weighted by molar-refractivity contribution is 6.64. The minimum atomic E-state index is -0.643. The Kier molecular flexibility index (Phi) is 3.78. The second-order valence-electron chi connectivity index (χ2n) is 3.40. The van der Waals surface area contributed by atoms with Crippen LogP contribution in [0.25, 0.3) is 0 Å². The van der Waals surface area contributed by atoms with Gasteiger partial charge < -0.3 is 0 Å². The third kappa shape index (κ3) is 3.66. The van der Waals surface area contributed by atoms with E-state index in [0.717, 1.165) is 0 Å². The van der Waals surface area contributed by atoms with Crippen molar-refractivity contribution in [2.75, 3.05) is 0 Å². The first-order valence-corrected chi connectivity index (χ1v) is 7.38. The maximum absolute atomic E-state index is 3.34. The van der Waals surface area contributed by atoms with E-state index in [0.29, 0.717) is 0 Å². The van der Waals surface area contributed by atoms with Crippen molar-refractivity contribution >= 4 is 14.1 Å². The van der Waals surface area contributed by atoms with Gasteiger partial charge in [-0.2, -0.15) is 0 Å². The predicted octanol–water partition coefficient (Wildman–Crippen LogP) is 2.78. The maximum Gasteiger partial charge on any atom is 0.370 e. The van der Waals surface area contributed by atoms with Gasteiger partial charge in [0.15, 0.2) is 0 Å². The molecule has 0 aromatic carbocycles. The van der Waals surface area contributed by atoms with E-state index in [1.54, 1.807) is 0 Å². The molecule has 0 radical (unpaired) electrons. The molecule has 58 valence electrons. The maximum atomic E-state index is 3.34. The van der Waals surface area contributed by atoms with Gasteiger partial charge in [0.1, 0.15) is 0 Å². The van der Waals surface area contributed by atoms with Gasteiger partial charge in [-0.25, -0.2) is 4.78 Å². The van der Waals surface area contributed by atoms with E-state index in [9.17, 15) is 0 Å². The van der Waals surface area contributed by atoms with Crippen LogP contribution in [0, 0.1) is 10.7 Å². The number of hydrogen-bond donors (Lipinski definition) is 0. The molecule has 0 nitrogen and oxygen atoms in total. The van der Waals surface area contributed by atoms with Crippen LogP contribution >= 0.6 is 0 Å². The van der Waals surface area contributed by atoms with Crippen LogP contribution in [-0.2, 0) is 0 Å². The van der Waals surface area contributed by atoms with E-state index in [1.165, 1.54) is 31.3 Å². The molecule has 0 unspecified atom stereocenters. The lowest BCUT2D eigenvalue weighted by Gasteiger charge is -2.05. The quantitative estimate of drug-likeness (QED) is 0.379. The zero-order chi connectivity index (χ0) is 8.10. The summed E-state index contributed by atoms with van der Waals surface area (Å²) in [6, 6.07) is 0. The highest BCUT2D eigenvalue weighted by Crippen LogP contribution is 2.15. The Morgan fingerprint density at radius 2 is 2.18 bits per heavy atom. The van der Waals surface area contributed by atoms with Gasteiger partial charge in [0.2, 0.25) is 0 Å². The number of hydrogen-bond acceptors (Lipinski definition) is 0. The zero-order valence-electron chi connectivity index (χ0n) is 7.48. The van der Waals surface area contributed by atoms with E-state index in [2.05, 4.69) is 28.4 Å². The van der Waals surface area contributed by atoms with E-state index in [1.807, 2.05) is 0 Å². The van der Waals surface area contributed by atoms with Gasteiger partial charge in [0.25, 0.3) is 0 Å². The van der Waals surface area contributed by atoms with Gasteiger partial charge >= 0.3 is 14.1 Å². The zero-order valence-corrected chi connectivity index (χ0v) is 8.64. The summed E-state index contributed by atoms with van der Waals surface area (Å²) in [7, 11) is 0.